The third-order valence-corrected chi connectivity index (χ3v) is 9.44. The van der Waals surface area contributed by atoms with Crippen LogP contribution in [0.2, 0.25) is 0 Å². The molecule has 250 valence electrons. The standard InChI is InChI=1S/C36H44N4O6S/c1-8-35(4,5)24-12-15-30(26(18-24)36(6,7)9-2)46-22(3)33(44)39-28-19-29(41)27(20-31(28)47-17-16-32(42)43)40-34(45)38-25-13-10-23(21-37)11-14-25/h10-15,18-20,22,41H,8-9,16-17H2,1-7H3,(H,39,44)(H,42,43)(H2,38,40,45). The number of hydrogen-bond donors (Lipinski definition) is 5. The van der Waals surface area contributed by atoms with Crippen molar-refractivity contribution in [2.75, 3.05) is 21.7 Å². The molecular weight excluding hydrogens is 616 g/mol. The molecule has 0 fully saturated rings. The quantitative estimate of drug-likeness (QED) is 0.0853. The van der Waals surface area contributed by atoms with Gasteiger partial charge in [0.05, 0.1) is 29.4 Å². The lowest BCUT2D eigenvalue weighted by atomic mass is 9.76. The zero-order valence-electron chi connectivity index (χ0n) is 28.0. The molecule has 0 saturated carbocycles. The summed E-state index contributed by atoms with van der Waals surface area (Å²) in [4.78, 5) is 37.8. The van der Waals surface area contributed by atoms with Gasteiger partial charge in [0.25, 0.3) is 5.91 Å². The fourth-order valence-corrected chi connectivity index (χ4v) is 5.47. The number of benzene rings is 3. The Kier molecular flexibility index (Phi) is 12.3. The van der Waals surface area contributed by atoms with Crippen LogP contribution in [0, 0.1) is 11.3 Å². The van der Waals surface area contributed by atoms with Gasteiger partial charge in [-0.25, -0.2) is 4.79 Å². The fourth-order valence-electron chi connectivity index (χ4n) is 4.50. The van der Waals surface area contributed by atoms with Crippen molar-refractivity contribution in [1.29, 1.82) is 5.26 Å². The van der Waals surface area contributed by atoms with Crippen LogP contribution in [0.25, 0.3) is 0 Å². The molecule has 0 saturated heterocycles. The predicted octanol–water partition coefficient (Wildman–Crippen LogP) is 8.26. The number of aromatic hydroxyl groups is 1. The number of phenols is 1. The van der Waals surface area contributed by atoms with Crippen LogP contribution in [0.15, 0.2) is 59.5 Å². The summed E-state index contributed by atoms with van der Waals surface area (Å²) in [5.74, 6) is -0.971. The Balaban J connectivity index is 1.85. The molecule has 3 aromatic rings. The van der Waals surface area contributed by atoms with E-state index in [9.17, 15) is 19.5 Å². The van der Waals surface area contributed by atoms with Crippen molar-refractivity contribution in [3.8, 4) is 17.6 Å². The first-order chi connectivity index (χ1) is 22.1. The Morgan fingerprint density at radius 2 is 1.57 bits per heavy atom. The fraction of sp³-hybridized carbons (Fsp3) is 0.389. The number of nitriles is 1. The molecule has 1 unspecified atom stereocenters. The number of carbonyl (C=O) groups is 3. The van der Waals surface area contributed by atoms with E-state index in [2.05, 4.69) is 63.6 Å². The lowest BCUT2D eigenvalue weighted by Gasteiger charge is -2.31. The highest BCUT2D eigenvalue weighted by Gasteiger charge is 2.28. The number of carbonyl (C=O) groups excluding carboxylic acids is 2. The maximum Gasteiger partial charge on any atom is 0.323 e. The van der Waals surface area contributed by atoms with Gasteiger partial charge >= 0.3 is 12.0 Å². The molecular formula is C36H44N4O6S. The number of aliphatic carboxylic acids is 1. The summed E-state index contributed by atoms with van der Waals surface area (Å²) < 4.78 is 6.26. The number of hydrogen-bond acceptors (Lipinski definition) is 7. The van der Waals surface area contributed by atoms with Crippen molar-refractivity contribution in [3.63, 3.8) is 0 Å². The van der Waals surface area contributed by atoms with Crippen molar-refractivity contribution in [2.24, 2.45) is 0 Å². The van der Waals surface area contributed by atoms with Crippen LogP contribution in [-0.2, 0) is 20.4 Å². The minimum Gasteiger partial charge on any atom is -0.506 e. The van der Waals surface area contributed by atoms with E-state index in [1.54, 1.807) is 31.2 Å². The van der Waals surface area contributed by atoms with Gasteiger partial charge in [0, 0.05) is 28.0 Å². The number of nitrogens with one attached hydrogen (secondary N) is 3. The number of nitrogens with zero attached hydrogens (tertiary/aromatic N) is 1. The second kappa shape index (κ2) is 15.7. The van der Waals surface area contributed by atoms with E-state index in [0.717, 1.165) is 30.2 Å². The van der Waals surface area contributed by atoms with Crippen LogP contribution >= 0.6 is 11.8 Å². The van der Waals surface area contributed by atoms with Gasteiger partial charge in [-0.1, -0.05) is 53.7 Å². The maximum absolute atomic E-state index is 13.5. The summed E-state index contributed by atoms with van der Waals surface area (Å²) in [6.07, 6.45) is 0.776. The van der Waals surface area contributed by atoms with Crippen molar-refractivity contribution in [3.05, 3.63) is 71.3 Å². The highest BCUT2D eigenvalue weighted by atomic mass is 32.2. The highest BCUT2D eigenvalue weighted by molar-refractivity contribution is 7.99. The Hall–Kier alpha value is -4.69. The monoisotopic (exact) mass is 660 g/mol. The maximum atomic E-state index is 13.5. The van der Waals surface area contributed by atoms with Gasteiger partial charge < -0.3 is 30.9 Å². The first-order valence-electron chi connectivity index (χ1n) is 15.5. The van der Waals surface area contributed by atoms with Crippen LogP contribution in [0.5, 0.6) is 11.5 Å². The largest absolute Gasteiger partial charge is 0.506 e. The predicted molar refractivity (Wildman–Crippen MR) is 187 cm³/mol. The summed E-state index contributed by atoms with van der Waals surface area (Å²) in [7, 11) is 0. The molecule has 47 heavy (non-hydrogen) atoms. The molecule has 0 aliphatic rings. The van der Waals surface area contributed by atoms with E-state index >= 15 is 0 Å². The van der Waals surface area contributed by atoms with Crippen molar-refractivity contribution in [2.45, 2.75) is 89.6 Å². The number of amides is 3. The summed E-state index contributed by atoms with van der Waals surface area (Å²) in [6.45, 7) is 14.6. The van der Waals surface area contributed by atoms with E-state index < -0.39 is 24.0 Å². The molecule has 1 atom stereocenters. The minimum absolute atomic E-state index is 0.0257. The van der Waals surface area contributed by atoms with Crippen LogP contribution in [0.4, 0.5) is 21.9 Å². The lowest BCUT2D eigenvalue weighted by molar-refractivity contribution is -0.136. The SMILES string of the molecule is CCC(C)(C)c1ccc(OC(C)C(=O)Nc2cc(O)c(NC(=O)Nc3ccc(C#N)cc3)cc2SCCC(=O)O)c(C(C)(C)CC)c1. The summed E-state index contributed by atoms with van der Waals surface area (Å²) >= 11 is 1.16. The van der Waals surface area contributed by atoms with E-state index in [1.165, 1.54) is 17.7 Å². The summed E-state index contributed by atoms with van der Waals surface area (Å²) in [6, 6.07) is 16.5. The Morgan fingerprint density at radius 3 is 2.17 bits per heavy atom. The van der Waals surface area contributed by atoms with E-state index in [-0.39, 0.29) is 40.1 Å². The Morgan fingerprint density at radius 1 is 0.915 bits per heavy atom. The van der Waals surface area contributed by atoms with Crippen molar-refractivity contribution >= 4 is 46.7 Å². The third kappa shape index (κ3) is 9.90. The van der Waals surface area contributed by atoms with Gasteiger partial charge in [-0.2, -0.15) is 5.26 Å². The molecule has 0 heterocycles. The van der Waals surface area contributed by atoms with Gasteiger partial charge in [0.1, 0.15) is 11.5 Å². The van der Waals surface area contributed by atoms with Crippen LogP contribution < -0.4 is 20.7 Å². The molecule has 0 radical (unpaired) electrons. The topological polar surface area (TPSA) is 161 Å². The van der Waals surface area contributed by atoms with Crippen molar-refractivity contribution in [1.82, 2.24) is 0 Å². The number of ether oxygens (including phenoxy) is 1. The summed E-state index contributed by atoms with van der Waals surface area (Å²) in [5.41, 5.74) is 3.14. The van der Waals surface area contributed by atoms with Gasteiger partial charge in [0.15, 0.2) is 6.10 Å². The van der Waals surface area contributed by atoms with Gasteiger partial charge in [-0.15, -0.1) is 11.8 Å². The molecule has 0 aliphatic carbocycles. The zero-order chi connectivity index (χ0) is 34.9. The normalized spacial score (nSPS) is 12.0. The number of anilines is 3. The molecule has 0 bridgehead atoms. The average molecular weight is 661 g/mol. The average Bonchev–Trinajstić information content (AvgIpc) is 3.03. The molecule has 0 aliphatic heterocycles. The molecule has 0 aromatic heterocycles. The second-order valence-electron chi connectivity index (χ2n) is 12.6. The van der Waals surface area contributed by atoms with Crippen LogP contribution in [0.3, 0.4) is 0 Å². The molecule has 11 heteroatoms. The second-order valence-corrected chi connectivity index (χ2v) is 13.7. The first kappa shape index (κ1) is 36.8. The van der Waals surface area contributed by atoms with E-state index in [0.29, 0.717) is 21.9 Å². The number of rotatable bonds is 14. The van der Waals surface area contributed by atoms with Crippen LogP contribution in [-0.4, -0.2) is 40.0 Å². The van der Waals surface area contributed by atoms with E-state index in [1.807, 2.05) is 18.2 Å². The first-order valence-corrected chi connectivity index (χ1v) is 16.5. The molecule has 3 rings (SSSR count). The highest BCUT2D eigenvalue weighted by Crippen LogP contribution is 2.40. The van der Waals surface area contributed by atoms with E-state index in [4.69, 9.17) is 15.1 Å². The van der Waals surface area contributed by atoms with Gasteiger partial charge in [-0.3, -0.25) is 9.59 Å². The van der Waals surface area contributed by atoms with Crippen LogP contribution in [0.1, 0.15) is 84.4 Å². The third-order valence-electron chi connectivity index (χ3n) is 8.38. The molecule has 10 nitrogen and oxygen atoms in total. The molecule has 3 aromatic carbocycles. The van der Waals surface area contributed by atoms with Gasteiger partial charge in [0.2, 0.25) is 0 Å². The summed E-state index contributed by atoms with van der Waals surface area (Å²) in [5, 5.41) is 36.9. The Bertz CT molecular complexity index is 1650. The van der Waals surface area contributed by atoms with Crippen molar-refractivity contribution < 1.29 is 29.3 Å². The molecule has 0 spiro atoms. The number of thioether (sulfide) groups is 1. The Labute approximate surface area is 280 Å². The molecule has 3 amide bonds. The number of carboxylic acids is 1. The molecule has 5 N–H and O–H groups in total. The lowest BCUT2D eigenvalue weighted by Crippen LogP contribution is -2.31. The zero-order valence-corrected chi connectivity index (χ0v) is 28.8. The number of urea groups is 1. The smallest absolute Gasteiger partial charge is 0.323 e. The number of carboxylic acid groups (broad SMARTS) is 1. The number of phenolic OH excluding ortho intramolecular Hbond substituents is 1. The van der Waals surface area contributed by atoms with Gasteiger partial charge in [-0.05, 0) is 72.6 Å². The minimum atomic E-state index is -0.983.